The normalized spacial score (nSPS) is 22.0. The molecule has 0 fully saturated rings. The molecule has 0 spiro atoms. The molecule has 0 bridgehead atoms. The van der Waals surface area contributed by atoms with Crippen LogP contribution in [0.15, 0.2) is 12.2 Å². The molecule has 3 unspecified atom stereocenters. The van der Waals surface area contributed by atoms with Crippen LogP contribution in [0.4, 0.5) is 0 Å². The van der Waals surface area contributed by atoms with E-state index in [0.29, 0.717) is 0 Å². The molecule has 0 aromatic rings. The van der Waals surface area contributed by atoms with Gasteiger partial charge in [0.05, 0.1) is 0 Å². The molecule has 1 heteroatoms. The third-order valence-electron chi connectivity index (χ3n) is 3.66. The van der Waals surface area contributed by atoms with Crippen molar-refractivity contribution >= 4 is 9.16 Å². The van der Waals surface area contributed by atoms with E-state index in [0.717, 1.165) is 17.1 Å². The van der Waals surface area contributed by atoms with Crippen LogP contribution in [-0.2, 0) is 0 Å². The fourth-order valence-electron chi connectivity index (χ4n) is 2.37. The zero-order valence-corrected chi connectivity index (χ0v) is 12.9. The number of hydrogen-bond acceptors (Lipinski definition) is 0. The van der Waals surface area contributed by atoms with Gasteiger partial charge in [-0.3, -0.25) is 9.16 Å². The SMILES string of the molecule is CC=CC(C(C)C(C)CC)[SH](C)(C)(C)C. The second-order valence-corrected chi connectivity index (χ2v) is 15.0. The van der Waals surface area contributed by atoms with E-state index in [1.807, 2.05) is 0 Å². The Morgan fingerprint density at radius 2 is 1.53 bits per heavy atom. The zero-order valence-electron chi connectivity index (χ0n) is 12.0. The number of hydrogen-bond donors (Lipinski definition) is 1. The predicted molar refractivity (Wildman–Crippen MR) is 79.9 cm³/mol. The van der Waals surface area contributed by atoms with Crippen LogP contribution in [0.3, 0.4) is 0 Å². The van der Waals surface area contributed by atoms with Gasteiger partial charge in [-0.05, 0) is 49.0 Å². The van der Waals surface area contributed by atoms with Crippen LogP contribution in [0.25, 0.3) is 0 Å². The summed E-state index contributed by atoms with van der Waals surface area (Å²) in [5.41, 5.74) is 0. The Morgan fingerprint density at radius 3 is 1.80 bits per heavy atom. The van der Waals surface area contributed by atoms with Gasteiger partial charge in [0.25, 0.3) is 0 Å². The molecule has 0 nitrogen and oxygen atoms in total. The van der Waals surface area contributed by atoms with E-state index in [2.05, 4.69) is 64.9 Å². The Balaban J connectivity index is 5.00. The van der Waals surface area contributed by atoms with Crippen LogP contribution in [0, 0.1) is 11.8 Å². The maximum absolute atomic E-state index is 2.50. The van der Waals surface area contributed by atoms with Crippen LogP contribution in [0.1, 0.15) is 34.1 Å². The molecule has 0 aliphatic rings. The Kier molecular flexibility index (Phi) is 4.98. The van der Waals surface area contributed by atoms with Crippen molar-refractivity contribution in [3.63, 3.8) is 0 Å². The molecule has 0 aromatic carbocycles. The van der Waals surface area contributed by atoms with Crippen LogP contribution >= 0.6 is 9.16 Å². The molecule has 15 heavy (non-hydrogen) atoms. The monoisotopic (exact) mass is 232 g/mol. The van der Waals surface area contributed by atoms with Gasteiger partial charge in [-0.15, -0.1) is 0 Å². The smallest absolute Gasteiger partial charge is 0.00368 e. The molecule has 0 radical (unpaired) electrons. The van der Waals surface area contributed by atoms with Crippen molar-refractivity contribution in [1.29, 1.82) is 0 Å². The molecular formula is C14H32S. The molecule has 3 atom stereocenters. The van der Waals surface area contributed by atoms with Gasteiger partial charge >= 0.3 is 0 Å². The highest BCUT2D eigenvalue weighted by molar-refractivity contribution is 8.48. The molecule has 0 heterocycles. The Labute approximate surface area is 97.8 Å². The first-order chi connectivity index (χ1) is 6.60. The van der Waals surface area contributed by atoms with Crippen LogP contribution in [0.5, 0.6) is 0 Å². The lowest BCUT2D eigenvalue weighted by atomic mass is 9.90. The summed E-state index contributed by atoms with van der Waals surface area (Å²) < 4.78 is 0. The minimum atomic E-state index is -1.50. The summed E-state index contributed by atoms with van der Waals surface area (Å²) in [5, 5.41) is 0.774. The van der Waals surface area contributed by atoms with E-state index < -0.39 is 9.16 Å². The van der Waals surface area contributed by atoms with Crippen molar-refractivity contribution in [1.82, 2.24) is 0 Å². The van der Waals surface area contributed by atoms with E-state index in [9.17, 15) is 0 Å². The van der Waals surface area contributed by atoms with Crippen LogP contribution in [0.2, 0.25) is 0 Å². The van der Waals surface area contributed by atoms with Crippen molar-refractivity contribution in [3.8, 4) is 0 Å². The van der Waals surface area contributed by atoms with Crippen molar-refractivity contribution in [2.24, 2.45) is 11.8 Å². The summed E-state index contributed by atoms with van der Waals surface area (Å²) in [7, 11) is -1.50. The molecule has 0 saturated heterocycles. The summed E-state index contributed by atoms with van der Waals surface area (Å²) in [6.07, 6.45) is 16.0. The maximum atomic E-state index is 2.50. The Hall–Kier alpha value is 0.0900. The highest BCUT2D eigenvalue weighted by atomic mass is 32.3. The third kappa shape index (κ3) is 4.63. The standard InChI is InChI=1S/C14H32S/c1-9-11-14(15(5,6,7)8)13(4)12(3)10-2/h9,11-15H,10H2,1-8H3. The quantitative estimate of drug-likeness (QED) is 0.533. The zero-order chi connectivity index (χ0) is 12.3. The third-order valence-corrected chi connectivity index (χ3v) is 6.69. The van der Waals surface area contributed by atoms with Crippen LogP contribution in [-0.4, -0.2) is 30.3 Å². The van der Waals surface area contributed by atoms with Crippen molar-refractivity contribution in [2.45, 2.75) is 39.4 Å². The van der Waals surface area contributed by atoms with Gasteiger partial charge in [0, 0.05) is 0 Å². The second-order valence-electron chi connectivity index (χ2n) is 6.98. The van der Waals surface area contributed by atoms with E-state index >= 15 is 0 Å². The minimum Gasteiger partial charge on any atom is -0.287 e. The van der Waals surface area contributed by atoms with E-state index in [-0.39, 0.29) is 0 Å². The van der Waals surface area contributed by atoms with Gasteiger partial charge in [0.15, 0.2) is 0 Å². The molecule has 94 valence electrons. The minimum absolute atomic E-state index is 0.774. The van der Waals surface area contributed by atoms with Gasteiger partial charge in [0.1, 0.15) is 0 Å². The lowest BCUT2D eigenvalue weighted by Crippen LogP contribution is -2.34. The molecule has 0 aromatic heterocycles. The van der Waals surface area contributed by atoms with Gasteiger partial charge in [0.2, 0.25) is 0 Å². The molecule has 0 amide bonds. The fraction of sp³-hybridized carbons (Fsp3) is 0.857. The first-order valence-corrected chi connectivity index (χ1v) is 10.3. The van der Waals surface area contributed by atoms with Crippen molar-refractivity contribution < 1.29 is 0 Å². The first-order valence-electron chi connectivity index (χ1n) is 6.23. The van der Waals surface area contributed by atoms with Crippen molar-refractivity contribution in [2.75, 3.05) is 25.0 Å². The number of rotatable bonds is 5. The topological polar surface area (TPSA) is 0 Å². The first kappa shape index (κ1) is 15.1. The molecule has 0 saturated carbocycles. The van der Waals surface area contributed by atoms with E-state index in [1.165, 1.54) is 6.42 Å². The van der Waals surface area contributed by atoms with Gasteiger partial charge in [-0.25, -0.2) is 0 Å². The van der Waals surface area contributed by atoms with Crippen LogP contribution < -0.4 is 0 Å². The highest BCUT2D eigenvalue weighted by Gasteiger charge is 2.34. The Morgan fingerprint density at radius 1 is 1.07 bits per heavy atom. The summed E-state index contributed by atoms with van der Waals surface area (Å²) in [6, 6.07) is 0. The lowest BCUT2D eigenvalue weighted by molar-refractivity contribution is 0.385. The average molecular weight is 232 g/mol. The predicted octanol–water partition coefficient (Wildman–Crippen LogP) is 4.21. The average Bonchev–Trinajstić information content (AvgIpc) is 2.08. The van der Waals surface area contributed by atoms with Gasteiger partial charge in [-0.1, -0.05) is 39.3 Å². The fourth-order valence-corrected chi connectivity index (χ4v) is 5.40. The van der Waals surface area contributed by atoms with Gasteiger partial charge < -0.3 is 0 Å². The summed E-state index contributed by atoms with van der Waals surface area (Å²) in [6.45, 7) is 9.28. The second kappa shape index (κ2) is 4.95. The van der Waals surface area contributed by atoms with E-state index in [4.69, 9.17) is 0 Å². The number of allylic oxidation sites excluding steroid dienone is 1. The summed E-state index contributed by atoms with van der Waals surface area (Å²) in [4.78, 5) is 0. The summed E-state index contributed by atoms with van der Waals surface area (Å²) >= 11 is 0. The molecule has 0 aliphatic heterocycles. The van der Waals surface area contributed by atoms with Gasteiger partial charge in [-0.2, -0.15) is 0 Å². The maximum Gasteiger partial charge on any atom is -0.00368 e. The lowest BCUT2D eigenvalue weighted by Gasteiger charge is -2.56. The largest absolute Gasteiger partial charge is 0.287 e. The van der Waals surface area contributed by atoms with Crippen molar-refractivity contribution in [3.05, 3.63) is 12.2 Å². The molecule has 0 aliphatic carbocycles. The molecule has 0 rings (SSSR count). The molecule has 0 N–H and O–H groups in total. The summed E-state index contributed by atoms with van der Waals surface area (Å²) in [5.74, 6) is 1.63. The van der Waals surface area contributed by atoms with E-state index in [1.54, 1.807) is 0 Å². The molecular weight excluding hydrogens is 200 g/mol. The number of thiol groups is 1. The Bertz CT molecular complexity index is 210. The highest BCUT2D eigenvalue weighted by Crippen LogP contribution is 2.63.